The van der Waals surface area contributed by atoms with Crippen molar-refractivity contribution >= 4 is 17.8 Å². The topological polar surface area (TPSA) is 53.9 Å². The molecule has 0 aliphatic heterocycles. The van der Waals surface area contributed by atoms with E-state index in [-0.39, 0.29) is 5.91 Å². The molecule has 0 bridgehead atoms. The molecule has 0 atom stereocenters. The molecule has 0 saturated carbocycles. The quantitative estimate of drug-likeness (QED) is 0.458. The van der Waals surface area contributed by atoms with Gasteiger partial charge in [0.15, 0.2) is 0 Å². The Balaban J connectivity index is 1.60. The zero-order chi connectivity index (χ0) is 20.5. The Kier molecular flexibility index (Phi) is 7.00. The third kappa shape index (κ3) is 5.69. The van der Waals surface area contributed by atoms with E-state index in [9.17, 15) is 4.79 Å². The summed E-state index contributed by atoms with van der Waals surface area (Å²) >= 11 is 0. The number of nitrogens with one attached hydrogen (secondary N) is 1. The molecule has 5 nitrogen and oxygen atoms in total. The number of ether oxygens (including phenoxy) is 1. The molecular formula is C24H25N3O2. The van der Waals surface area contributed by atoms with Crippen LogP contribution in [0, 0.1) is 0 Å². The zero-order valence-corrected chi connectivity index (χ0v) is 16.7. The van der Waals surface area contributed by atoms with Crippen LogP contribution in [0.4, 0.5) is 5.69 Å². The van der Waals surface area contributed by atoms with Crippen molar-refractivity contribution in [2.24, 2.45) is 5.10 Å². The van der Waals surface area contributed by atoms with Crippen LogP contribution in [0.25, 0.3) is 0 Å². The maximum atomic E-state index is 12.2. The normalized spacial score (nSPS) is 10.7. The highest BCUT2D eigenvalue weighted by Gasteiger charge is 2.06. The van der Waals surface area contributed by atoms with E-state index in [0.717, 1.165) is 24.3 Å². The number of hydrogen-bond donors (Lipinski definition) is 1. The number of hydrogen-bond acceptors (Lipinski definition) is 4. The Labute approximate surface area is 171 Å². The average Bonchev–Trinajstić information content (AvgIpc) is 2.78. The predicted octanol–water partition coefficient (Wildman–Crippen LogP) is 4.49. The Morgan fingerprint density at radius 3 is 2.48 bits per heavy atom. The first-order valence-corrected chi connectivity index (χ1v) is 9.56. The van der Waals surface area contributed by atoms with Crippen molar-refractivity contribution in [1.29, 1.82) is 0 Å². The molecule has 0 fully saturated rings. The lowest BCUT2D eigenvalue weighted by Crippen LogP contribution is -2.21. The Morgan fingerprint density at radius 2 is 1.79 bits per heavy atom. The standard InChI is InChI=1S/C24H25N3O2/c1-3-27(18-20-8-5-4-6-9-20)22-14-12-19(13-15-22)17-25-26-24(28)21-10-7-11-23(16-21)29-2/h4-17H,3,18H2,1-2H3,(H,26,28)/b25-17+. The molecule has 3 aromatic rings. The number of anilines is 1. The van der Waals surface area contributed by atoms with Crippen LogP contribution in [-0.4, -0.2) is 25.8 Å². The number of hydrazone groups is 1. The molecule has 0 aliphatic carbocycles. The van der Waals surface area contributed by atoms with Crippen molar-refractivity contribution in [3.8, 4) is 5.75 Å². The van der Waals surface area contributed by atoms with Crippen molar-refractivity contribution in [2.75, 3.05) is 18.6 Å². The fraction of sp³-hybridized carbons (Fsp3) is 0.167. The van der Waals surface area contributed by atoms with Gasteiger partial charge >= 0.3 is 0 Å². The Morgan fingerprint density at radius 1 is 1.03 bits per heavy atom. The second-order valence-electron chi connectivity index (χ2n) is 6.52. The van der Waals surface area contributed by atoms with Crippen LogP contribution < -0.4 is 15.1 Å². The van der Waals surface area contributed by atoms with Crippen molar-refractivity contribution in [2.45, 2.75) is 13.5 Å². The second-order valence-corrected chi connectivity index (χ2v) is 6.52. The molecule has 0 radical (unpaired) electrons. The number of benzene rings is 3. The summed E-state index contributed by atoms with van der Waals surface area (Å²) in [4.78, 5) is 14.5. The van der Waals surface area contributed by atoms with Gasteiger partial charge in [-0.3, -0.25) is 4.79 Å². The van der Waals surface area contributed by atoms with Crippen LogP contribution in [-0.2, 0) is 6.54 Å². The molecule has 0 unspecified atom stereocenters. The summed E-state index contributed by atoms with van der Waals surface area (Å²) in [5.74, 6) is 0.352. The molecule has 1 N–H and O–H groups in total. The minimum atomic E-state index is -0.281. The lowest BCUT2D eigenvalue weighted by molar-refractivity contribution is 0.0955. The van der Waals surface area contributed by atoms with Gasteiger partial charge in [-0.2, -0.15) is 5.10 Å². The molecule has 0 spiro atoms. The molecule has 0 heterocycles. The van der Waals surface area contributed by atoms with Crippen LogP contribution in [0.1, 0.15) is 28.4 Å². The van der Waals surface area contributed by atoms with E-state index < -0.39 is 0 Å². The molecule has 3 rings (SSSR count). The third-order valence-electron chi connectivity index (χ3n) is 4.57. The molecule has 5 heteroatoms. The summed E-state index contributed by atoms with van der Waals surface area (Å²) in [5, 5.41) is 4.06. The maximum Gasteiger partial charge on any atom is 0.271 e. The molecule has 0 saturated heterocycles. The Hall–Kier alpha value is -3.60. The van der Waals surface area contributed by atoms with Crippen LogP contribution in [0.3, 0.4) is 0 Å². The van der Waals surface area contributed by atoms with Crippen LogP contribution >= 0.6 is 0 Å². The molecule has 1 amide bonds. The lowest BCUT2D eigenvalue weighted by Gasteiger charge is -2.23. The van der Waals surface area contributed by atoms with E-state index in [1.807, 2.05) is 18.2 Å². The van der Waals surface area contributed by atoms with Gasteiger partial charge in [0.2, 0.25) is 0 Å². The van der Waals surface area contributed by atoms with E-state index in [0.29, 0.717) is 11.3 Å². The van der Waals surface area contributed by atoms with E-state index in [1.165, 1.54) is 5.56 Å². The maximum absolute atomic E-state index is 12.2. The summed E-state index contributed by atoms with van der Waals surface area (Å²) < 4.78 is 5.13. The largest absolute Gasteiger partial charge is 0.497 e. The van der Waals surface area contributed by atoms with E-state index >= 15 is 0 Å². The van der Waals surface area contributed by atoms with E-state index in [2.05, 4.69) is 58.7 Å². The first-order valence-electron chi connectivity index (χ1n) is 9.56. The number of nitrogens with zero attached hydrogens (tertiary/aromatic N) is 2. The third-order valence-corrected chi connectivity index (χ3v) is 4.57. The van der Waals surface area contributed by atoms with Crippen LogP contribution in [0.15, 0.2) is 84.0 Å². The highest BCUT2D eigenvalue weighted by molar-refractivity contribution is 5.95. The molecule has 0 aromatic heterocycles. The van der Waals surface area contributed by atoms with Gasteiger partial charge in [0, 0.05) is 24.3 Å². The minimum absolute atomic E-state index is 0.281. The summed E-state index contributed by atoms with van der Waals surface area (Å²) in [5.41, 5.74) is 6.38. The fourth-order valence-electron chi connectivity index (χ4n) is 2.95. The van der Waals surface area contributed by atoms with Crippen molar-refractivity contribution in [1.82, 2.24) is 5.43 Å². The van der Waals surface area contributed by atoms with E-state index in [4.69, 9.17) is 4.74 Å². The SMILES string of the molecule is CCN(Cc1ccccc1)c1ccc(/C=N/NC(=O)c2cccc(OC)c2)cc1. The van der Waals surface area contributed by atoms with Gasteiger partial charge in [-0.05, 0) is 48.4 Å². The second kappa shape index (κ2) is 10.1. The number of carbonyl (C=O) groups excluding carboxylic acids is 1. The van der Waals surface area contributed by atoms with Gasteiger partial charge in [0.05, 0.1) is 13.3 Å². The summed E-state index contributed by atoms with van der Waals surface area (Å²) in [6.45, 7) is 3.92. The summed E-state index contributed by atoms with van der Waals surface area (Å²) in [6.07, 6.45) is 1.63. The monoisotopic (exact) mass is 387 g/mol. The van der Waals surface area contributed by atoms with Gasteiger partial charge in [-0.1, -0.05) is 48.5 Å². The van der Waals surface area contributed by atoms with Gasteiger partial charge in [0.1, 0.15) is 5.75 Å². The van der Waals surface area contributed by atoms with Crippen molar-refractivity contribution in [3.63, 3.8) is 0 Å². The molecule has 3 aromatic carbocycles. The van der Waals surface area contributed by atoms with Gasteiger partial charge in [-0.15, -0.1) is 0 Å². The van der Waals surface area contributed by atoms with Gasteiger partial charge in [0.25, 0.3) is 5.91 Å². The van der Waals surface area contributed by atoms with Gasteiger partial charge in [-0.25, -0.2) is 5.43 Å². The minimum Gasteiger partial charge on any atom is -0.497 e. The molecule has 148 valence electrons. The number of rotatable bonds is 8. The first kappa shape index (κ1) is 20.1. The average molecular weight is 387 g/mol. The smallest absolute Gasteiger partial charge is 0.271 e. The summed E-state index contributed by atoms with van der Waals surface area (Å²) in [7, 11) is 1.57. The first-order chi connectivity index (χ1) is 14.2. The zero-order valence-electron chi connectivity index (χ0n) is 16.7. The summed E-state index contributed by atoms with van der Waals surface area (Å²) in [6, 6.07) is 25.5. The van der Waals surface area contributed by atoms with Crippen LogP contribution in [0.5, 0.6) is 5.75 Å². The molecule has 0 aliphatic rings. The number of carbonyl (C=O) groups is 1. The number of amides is 1. The lowest BCUT2D eigenvalue weighted by atomic mass is 10.1. The highest BCUT2D eigenvalue weighted by Crippen LogP contribution is 2.17. The van der Waals surface area contributed by atoms with E-state index in [1.54, 1.807) is 37.6 Å². The fourth-order valence-corrected chi connectivity index (χ4v) is 2.95. The molecule has 29 heavy (non-hydrogen) atoms. The van der Waals surface area contributed by atoms with Crippen LogP contribution in [0.2, 0.25) is 0 Å². The Bertz CT molecular complexity index is 953. The molecular weight excluding hydrogens is 362 g/mol. The van der Waals surface area contributed by atoms with Gasteiger partial charge < -0.3 is 9.64 Å². The van der Waals surface area contributed by atoms with Crippen molar-refractivity contribution < 1.29 is 9.53 Å². The number of methoxy groups -OCH3 is 1. The highest BCUT2D eigenvalue weighted by atomic mass is 16.5. The van der Waals surface area contributed by atoms with Crippen molar-refractivity contribution in [3.05, 3.63) is 95.6 Å². The predicted molar refractivity (Wildman–Crippen MR) is 118 cm³/mol.